The van der Waals surface area contributed by atoms with Crippen molar-refractivity contribution in [2.45, 2.75) is 45.7 Å². The van der Waals surface area contributed by atoms with Crippen LogP contribution in [0.1, 0.15) is 36.1 Å². The third kappa shape index (κ3) is 4.90. The molecule has 0 spiro atoms. The molecule has 1 aromatic heterocycles. The Bertz CT molecular complexity index is 1050. The zero-order chi connectivity index (χ0) is 21.8. The molecule has 1 unspecified atom stereocenters. The quantitative estimate of drug-likeness (QED) is 0.637. The lowest BCUT2D eigenvalue weighted by atomic mass is 10.1. The van der Waals surface area contributed by atoms with Gasteiger partial charge in [-0.2, -0.15) is 0 Å². The molecule has 1 saturated heterocycles. The van der Waals surface area contributed by atoms with Crippen molar-refractivity contribution in [3.8, 4) is 11.5 Å². The number of benzene rings is 2. The van der Waals surface area contributed by atoms with Gasteiger partial charge < -0.3 is 19.7 Å². The summed E-state index contributed by atoms with van der Waals surface area (Å²) in [6, 6.07) is 13.0. The van der Waals surface area contributed by atoms with Crippen LogP contribution in [0.25, 0.3) is 10.9 Å². The molecule has 0 radical (unpaired) electrons. The first kappa shape index (κ1) is 21.4. The first-order valence-electron chi connectivity index (χ1n) is 11.0. The van der Waals surface area contributed by atoms with Crippen LogP contribution in [0.15, 0.2) is 36.4 Å². The fourth-order valence-electron chi connectivity index (χ4n) is 4.28. The molecule has 0 saturated carbocycles. The number of methoxy groups -OCH3 is 2. The molecule has 1 atom stereocenters. The van der Waals surface area contributed by atoms with E-state index in [0.29, 0.717) is 6.04 Å². The Morgan fingerprint density at radius 1 is 0.968 bits per heavy atom. The molecule has 3 aromatic rings. The Labute approximate surface area is 184 Å². The van der Waals surface area contributed by atoms with Crippen molar-refractivity contribution in [1.82, 2.24) is 15.3 Å². The van der Waals surface area contributed by atoms with E-state index in [1.165, 1.54) is 11.1 Å². The van der Waals surface area contributed by atoms with E-state index in [1.54, 1.807) is 14.2 Å². The molecular weight excluding hydrogens is 388 g/mol. The highest BCUT2D eigenvalue weighted by atomic mass is 16.5. The number of hydrogen-bond acceptors (Lipinski definition) is 6. The van der Waals surface area contributed by atoms with Gasteiger partial charge in [0.15, 0.2) is 11.5 Å². The molecule has 164 valence electrons. The van der Waals surface area contributed by atoms with Gasteiger partial charge >= 0.3 is 0 Å². The van der Waals surface area contributed by atoms with Gasteiger partial charge in [-0.25, -0.2) is 9.97 Å². The predicted molar refractivity (Wildman–Crippen MR) is 125 cm³/mol. The maximum Gasteiger partial charge on any atom is 0.226 e. The summed E-state index contributed by atoms with van der Waals surface area (Å²) in [5.41, 5.74) is 4.51. The van der Waals surface area contributed by atoms with E-state index in [0.717, 1.165) is 72.9 Å². The van der Waals surface area contributed by atoms with Crippen LogP contribution in [-0.2, 0) is 6.54 Å². The lowest BCUT2D eigenvalue weighted by Gasteiger charge is -2.22. The van der Waals surface area contributed by atoms with E-state index in [1.807, 2.05) is 12.1 Å². The summed E-state index contributed by atoms with van der Waals surface area (Å²) in [5.74, 6) is 2.39. The van der Waals surface area contributed by atoms with Crippen molar-refractivity contribution in [3.05, 3.63) is 53.2 Å². The van der Waals surface area contributed by atoms with Crippen LogP contribution >= 0.6 is 0 Å². The summed E-state index contributed by atoms with van der Waals surface area (Å²) >= 11 is 0. The zero-order valence-electron chi connectivity index (χ0n) is 18.9. The van der Waals surface area contributed by atoms with Gasteiger partial charge in [0.2, 0.25) is 5.95 Å². The van der Waals surface area contributed by atoms with E-state index < -0.39 is 0 Å². The monoisotopic (exact) mass is 420 g/mol. The molecule has 1 aliphatic rings. The molecule has 6 nitrogen and oxygen atoms in total. The summed E-state index contributed by atoms with van der Waals surface area (Å²) < 4.78 is 10.8. The third-order valence-electron chi connectivity index (χ3n) is 6.08. The van der Waals surface area contributed by atoms with Gasteiger partial charge in [-0.05, 0) is 62.4 Å². The Morgan fingerprint density at radius 2 is 1.81 bits per heavy atom. The summed E-state index contributed by atoms with van der Waals surface area (Å²) in [7, 11) is 3.34. The van der Waals surface area contributed by atoms with Crippen molar-refractivity contribution in [1.29, 1.82) is 0 Å². The predicted octanol–water partition coefficient (Wildman–Crippen LogP) is 4.41. The fraction of sp³-hybridized carbons (Fsp3) is 0.440. The molecule has 1 N–H and O–H groups in total. The van der Waals surface area contributed by atoms with Crippen molar-refractivity contribution < 1.29 is 9.47 Å². The van der Waals surface area contributed by atoms with Crippen LogP contribution in [0.5, 0.6) is 11.5 Å². The minimum Gasteiger partial charge on any atom is -0.493 e. The lowest BCUT2D eigenvalue weighted by molar-refractivity contribution is 0.354. The Balaban J connectivity index is 1.40. The second-order valence-corrected chi connectivity index (χ2v) is 8.31. The highest BCUT2D eigenvalue weighted by Gasteiger charge is 2.19. The van der Waals surface area contributed by atoms with Crippen molar-refractivity contribution in [2.75, 3.05) is 32.2 Å². The SMILES string of the molecule is COc1ccc(CNC2CCCN(c3nc(C)c4ccc(C)cc4n3)CC2)cc1OC. The second-order valence-electron chi connectivity index (χ2n) is 8.31. The molecule has 6 heteroatoms. The van der Waals surface area contributed by atoms with Gasteiger partial charge in [0.05, 0.1) is 25.4 Å². The van der Waals surface area contributed by atoms with Gasteiger partial charge in [-0.1, -0.05) is 18.2 Å². The van der Waals surface area contributed by atoms with E-state index in [4.69, 9.17) is 19.4 Å². The van der Waals surface area contributed by atoms with E-state index >= 15 is 0 Å². The van der Waals surface area contributed by atoms with Gasteiger partial charge in [0.1, 0.15) is 0 Å². The number of nitrogens with one attached hydrogen (secondary N) is 1. The minimum atomic E-state index is 0.474. The molecule has 2 heterocycles. The van der Waals surface area contributed by atoms with Gasteiger partial charge in [0, 0.05) is 31.1 Å². The van der Waals surface area contributed by atoms with E-state index in [9.17, 15) is 0 Å². The second kappa shape index (κ2) is 9.52. The average molecular weight is 421 g/mol. The number of anilines is 1. The molecular formula is C25H32N4O2. The Morgan fingerprint density at radius 3 is 2.61 bits per heavy atom. The normalized spacial score (nSPS) is 16.9. The average Bonchev–Trinajstić information content (AvgIpc) is 3.02. The van der Waals surface area contributed by atoms with E-state index in [2.05, 4.69) is 48.3 Å². The van der Waals surface area contributed by atoms with Gasteiger partial charge in [-0.3, -0.25) is 0 Å². The van der Waals surface area contributed by atoms with Crippen molar-refractivity contribution in [2.24, 2.45) is 0 Å². The number of fused-ring (bicyclic) bond motifs is 1. The van der Waals surface area contributed by atoms with Crippen LogP contribution in [0.4, 0.5) is 5.95 Å². The molecule has 2 aromatic carbocycles. The molecule has 31 heavy (non-hydrogen) atoms. The summed E-state index contributed by atoms with van der Waals surface area (Å²) in [5, 5.41) is 4.86. The highest BCUT2D eigenvalue weighted by molar-refractivity contribution is 5.82. The first-order chi connectivity index (χ1) is 15.1. The molecule has 1 aliphatic heterocycles. The van der Waals surface area contributed by atoms with Crippen LogP contribution in [0, 0.1) is 13.8 Å². The van der Waals surface area contributed by atoms with Crippen LogP contribution in [0.3, 0.4) is 0 Å². The first-order valence-corrected chi connectivity index (χ1v) is 11.0. The Hall–Kier alpha value is -2.86. The van der Waals surface area contributed by atoms with Crippen molar-refractivity contribution >= 4 is 16.9 Å². The summed E-state index contributed by atoms with van der Waals surface area (Å²) in [6.45, 7) is 6.95. The van der Waals surface area contributed by atoms with Gasteiger partial charge in [-0.15, -0.1) is 0 Å². The molecule has 0 aliphatic carbocycles. The summed E-state index contributed by atoms with van der Waals surface area (Å²) in [6.07, 6.45) is 3.34. The summed E-state index contributed by atoms with van der Waals surface area (Å²) in [4.78, 5) is 12.0. The number of ether oxygens (including phenoxy) is 2. The maximum atomic E-state index is 5.43. The standard InChI is InChI=1S/C25H32N4O2/c1-17-7-9-21-18(2)27-25(28-22(21)14-17)29-12-5-6-20(11-13-29)26-16-19-8-10-23(30-3)24(15-19)31-4/h7-10,14-15,20,26H,5-6,11-13,16H2,1-4H3. The molecule has 1 fully saturated rings. The fourth-order valence-corrected chi connectivity index (χ4v) is 4.28. The number of aromatic nitrogens is 2. The largest absolute Gasteiger partial charge is 0.493 e. The molecule has 4 rings (SSSR count). The third-order valence-corrected chi connectivity index (χ3v) is 6.08. The lowest BCUT2D eigenvalue weighted by Crippen LogP contribution is -2.31. The van der Waals surface area contributed by atoms with Gasteiger partial charge in [0.25, 0.3) is 0 Å². The number of aryl methyl sites for hydroxylation is 2. The Kier molecular flexibility index (Phi) is 6.56. The number of nitrogens with zero attached hydrogens (tertiary/aromatic N) is 3. The number of hydrogen-bond donors (Lipinski definition) is 1. The van der Waals surface area contributed by atoms with Crippen LogP contribution in [0.2, 0.25) is 0 Å². The van der Waals surface area contributed by atoms with Crippen molar-refractivity contribution in [3.63, 3.8) is 0 Å². The van der Waals surface area contributed by atoms with E-state index in [-0.39, 0.29) is 0 Å². The van der Waals surface area contributed by atoms with Crippen LogP contribution in [-0.4, -0.2) is 43.3 Å². The smallest absolute Gasteiger partial charge is 0.226 e. The zero-order valence-corrected chi connectivity index (χ0v) is 18.9. The maximum absolute atomic E-state index is 5.43. The highest BCUT2D eigenvalue weighted by Crippen LogP contribution is 2.28. The van der Waals surface area contributed by atoms with Crippen LogP contribution < -0.4 is 19.7 Å². The minimum absolute atomic E-state index is 0.474. The molecule has 0 amide bonds. The topological polar surface area (TPSA) is 59.5 Å². The number of rotatable bonds is 6. The molecule has 0 bridgehead atoms.